The number of nitrogens with zero attached hydrogens (tertiary/aromatic N) is 1. The van der Waals surface area contributed by atoms with Gasteiger partial charge in [0.1, 0.15) is 18.1 Å². The molecule has 2 heterocycles. The molecular formula is C15H18N2O2S. The number of hydrogen-bond acceptors (Lipinski definition) is 5. The van der Waals surface area contributed by atoms with Gasteiger partial charge >= 0.3 is 0 Å². The van der Waals surface area contributed by atoms with Crippen LogP contribution in [0.2, 0.25) is 0 Å². The average molecular weight is 290 g/mol. The fraction of sp³-hybridized carbons (Fsp3) is 0.400. The Bertz CT molecular complexity index is 580. The van der Waals surface area contributed by atoms with Gasteiger partial charge in [0.15, 0.2) is 0 Å². The van der Waals surface area contributed by atoms with Crippen molar-refractivity contribution < 1.29 is 9.47 Å². The number of rotatable bonds is 4. The molecule has 3 rings (SSSR count). The second-order valence-electron chi connectivity index (χ2n) is 4.79. The number of hydrogen-bond donors (Lipinski definition) is 1. The van der Waals surface area contributed by atoms with Crippen molar-refractivity contribution in [1.29, 1.82) is 0 Å². The molecule has 0 saturated heterocycles. The Morgan fingerprint density at radius 1 is 1.30 bits per heavy atom. The van der Waals surface area contributed by atoms with Crippen LogP contribution in [0.3, 0.4) is 0 Å². The zero-order valence-electron chi connectivity index (χ0n) is 11.7. The first-order valence-electron chi connectivity index (χ1n) is 6.72. The first-order chi connectivity index (χ1) is 9.76. The second-order valence-corrected chi connectivity index (χ2v) is 6.02. The van der Waals surface area contributed by atoms with Crippen molar-refractivity contribution in [1.82, 2.24) is 10.3 Å². The third kappa shape index (κ3) is 2.78. The highest BCUT2D eigenvalue weighted by molar-refractivity contribution is 7.11. The summed E-state index contributed by atoms with van der Waals surface area (Å²) in [6, 6.07) is 7.92. The van der Waals surface area contributed by atoms with Crippen molar-refractivity contribution in [3.05, 3.63) is 39.8 Å². The molecule has 0 aliphatic carbocycles. The summed E-state index contributed by atoms with van der Waals surface area (Å²) < 4.78 is 11.0. The van der Waals surface area contributed by atoms with Crippen molar-refractivity contribution in [3.8, 4) is 11.5 Å². The third-order valence-corrected chi connectivity index (χ3v) is 4.51. The Balaban J connectivity index is 1.66. The lowest BCUT2D eigenvalue weighted by atomic mass is 10.1. The van der Waals surface area contributed by atoms with Gasteiger partial charge in [0.05, 0.1) is 23.9 Å². The topological polar surface area (TPSA) is 43.4 Å². The Labute approximate surface area is 122 Å². The van der Waals surface area contributed by atoms with Crippen LogP contribution >= 0.6 is 11.3 Å². The Morgan fingerprint density at radius 3 is 2.80 bits per heavy atom. The molecule has 1 aliphatic heterocycles. The lowest BCUT2D eigenvalue weighted by Crippen LogP contribution is -2.32. The molecule has 0 radical (unpaired) electrons. The molecular weight excluding hydrogens is 272 g/mol. The summed E-state index contributed by atoms with van der Waals surface area (Å²) in [7, 11) is 1.66. The third-order valence-electron chi connectivity index (χ3n) is 3.38. The van der Waals surface area contributed by atoms with E-state index < -0.39 is 0 Å². The Morgan fingerprint density at radius 2 is 2.05 bits per heavy atom. The van der Waals surface area contributed by atoms with Crippen LogP contribution in [-0.4, -0.2) is 25.2 Å². The molecule has 0 bridgehead atoms. The van der Waals surface area contributed by atoms with Crippen LogP contribution in [0.25, 0.3) is 0 Å². The minimum atomic E-state index is 0.243. The number of fused-ring (bicyclic) bond motifs is 1. The number of benzene rings is 1. The van der Waals surface area contributed by atoms with Gasteiger partial charge in [-0.05, 0) is 31.2 Å². The van der Waals surface area contributed by atoms with Gasteiger partial charge < -0.3 is 14.8 Å². The summed E-state index contributed by atoms with van der Waals surface area (Å²) in [5, 5.41) is 4.63. The lowest BCUT2D eigenvalue weighted by Gasteiger charge is -2.23. The predicted octanol–water partition coefficient (Wildman–Crippen LogP) is 2.73. The summed E-state index contributed by atoms with van der Waals surface area (Å²) in [6.45, 7) is 3.65. The molecule has 1 aromatic carbocycles. The smallest absolute Gasteiger partial charge is 0.119 e. The number of thiazole rings is 1. The maximum atomic E-state index is 5.87. The van der Waals surface area contributed by atoms with Crippen LogP contribution < -0.4 is 14.8 Å². The molecule has 20 heavy (non-hydrogen) atoms. The highest BCUT2D eigenvalue weighted by atomic mass is 32.1. The highest BCUT2D eigenvalue weighted by Crippen LogP contribution is 2.29. The maximum absolute atomic E-state index is 5.87. The Hall–Kier alpha value is -1.59. The van der Waals surface area contributed by atoms with E-state index in [1.807, 2.05) is 24.3 Å². The van der Waals surface area contributed by atoms with Crippen molar-refractivity contribution >= 4 is 11.3 Å². The van der Waals surface area contributed by atoms with E-state index in [1.54, 1.807) is 18.4 Å². The molecule has 4 nitrogen and oxygen atoms in total. The van der Waals surface area contributed by atoms with Gasteiger partial charge in [-0.2, -0.15) is 0 Å². The van der Waals surface area contributed by atoms with Gasteiger partial charge in [0.2, 0.25) is 0 Å². The minimum Gasteiger partial charge on any atom is -0.497 e. The van der Waals surface area contributed by atoms with Gasteiger partial charge in [-0.15, -0.1) is 11.3 Å². The molecule has 0 saturated carbocycles. The van der Waals surface area contributed by atoms with E-state index in [9.17, 15) is 0 Å². The van der Waals surface area contributed by atoms with Crippen molar-refractivity contribution in [2.45, 2.75) is 19.4 Å². The van der Waals surface area contributed by atoms with Crippen molar-refractivity contribution in [2.24, 2.45) is 0 Å². The van der Waals surface area contributed by atoms with E-state index >= 15 is 0 Å². The lowest BCUT2D eigenvalue weighted by molar-refractivity contribution is 0.263. The van der Waals surface area contributed by atoms with E-state index in [1.165, 1.54) is 10.6 Å². The van der Waals surface area contributed by atoms with Crippen molar-refractivity contribution in [3.63, 3.8) is 0 Å². The zero-order chi connectivity index (χ0) is 13.9. The summed E-state index contributed by atoms with van der Waals surface area (Å²) >= 11 is 1.77. The largest absolute Gasteiger partial charge is 0.497 e. The van der Waals surface area contributed by atoms with Crippen molar-refractivity contribution in [2.75, 3.05) is 20.3 Å². The highest BCUT2D eigenvalue weighted by Gasteiger charge is 2.23. The summed E-state index contributed by atoms with van der Waals surface area (Å²) in [6.07, 6.45) is 1.01. The maximum Gasteiger partial charge on any atom is 0.119 e. The predicted molar refractivity (Wildman–Crippen MR) is 79.8 cm³/mol. The monoisotopic (exact) mass is 290 g/mol. The SMILES string of the molecule is COc1ccc(OCC2NCCc3nc(C)sc32)cc1. The average Bonchev–Trinajstić information content (AvgIpc) is 2.86. The second kappa shape index (κ2) is 5.81. The van der Waals surface area contributed by atoms with Gasteiger partial charge in [-0.3, -0.25) is 0 Å². The zero-order valence-corrected chi connectivity index (χ0v) is 12.5. The molecule has 0 spiro atoms. The normalized spacial score (nSPS) is 17.6. The number of methoxy groups -OCH3 is 1. The van der Waals surface area contributed by atoms with E-state index in [0.717, 1.165) is 29.5 Å². The van der Waals surface area contributed by atoms with Crippen LogP contribution in [-0.2, 0) is 6.42 Å². The van der Waals surface area contributed by atoms with E-state index in [2.05, 4.69) is 17.2 Å². The molecule has 5 heteroatoms. The molecule has 0 fully saturated rings. The molecule has 1 unspecified atom stereocenters. The number of nitrogens with one attached hydrogen (secondary N) is 1. The molecule has 1 N–H and O–H groups in total. The standard InChI is InChI=1S/C15H18N2O2S/c1-10-17-13-7-8-16-14(15(13)20-10)9-19-12-5-3-11(18-2)4-6-12/h3-6,14,16H,7-9H2,1-2H3. The van der Waals surface area contributed by atoms with E-state index in [0.29, 0.717) is 6.61 Å². The van der Waals surface area contributed by atoms with Crippen LogP contribution in [0.4, 0.5) is 0 Å². The quantitative estimate of drug-likeness (QED) is 0.940. The minimum absolute atomic E-state index is 0.243. The van der Waals surface area contributed by atoms with E-state index in [-0.39, 0.29) is 6.04 Å². The molecule has 1 atom stereocenters. The molecule has 106 valence electrons. The first kappa shape index (κ1) is 13.4. The molecule has 2 aromatic rings. The fourth-order valence-corrected chi connectivity index (χ4v) is 3.41. The molecule has 1 aliphatic rings. The van der Waals surface area contributed by atoms with Crippen LogP contribution in [0.1, 0.15) is 21.6 Å². The summed E-state index contributed by atoms with van der Waals surface area (Å²) in [5.41, 5.74) is 1.23. The van der Waals surface area contributed by atoms with Gasteiger partial charge in [0, 0.05) is 17.8 Å². The number of ether oxygens (including phenoxy) is 2. The van der Waals surface area contributed by atoms with Crippen LogP contribution in [0.5, 0.6) is 11.5 Å². The Kier molecular flexibility index (Phi) is 3.89. The summed E-state index contributed by atoms with van der Waals surface area (Å²) in [4.78, 5) is 5.91. The first-order valence-corrected chi connectivity index (χ1v) is 7.54. The van der Waals surface area contributed by atoms with Crippen LogP contribution in [0.15, 0.2) is 24.3 Å². The number of aromatic nitrogens is 1. The van der Waals surface area contributed by atoms with Gasteiger partial charge in [-0.1, -0.05) is 0 Å². The van der Waals surface area contributed by atoms with Crippen LogP contribution in [0, 0.1) is 6.92 Å². The summed E-state index contributed by atoms with van der Waals surface area (Å²) in [5.74, 6) is 1.70. The molecule has 1 aromatic heterocycles. The van der Waals surface area contributed by atoms with E-state index in [4.69, 9.17) is 9.47 Å². The fourth-order valence-electron chi connectivity index (χ4n) is 2.38. The van der Waals surface area contributed by atoms with Gasteiger partial charge in [0.25, 0.3) is 0 Å². The van der Waals surface area contributed by atoms with Gasteiger partial charge in [-0.25, -0.2) is 4.98 Å². The molecule has 0 amide bonds. The number of aryl methyl sites for hydroxylation is 1.